The number of fused-ring (bicyclic) bond motifs is 1. The second-order valence-electron chi connectivity index (χ2n) is 6.53. The van der Waals surface area contributed by atoms with Gasteiger partial charge in [0.15, 0.2) is 5.16 Å². The summed E-state index contributed by atoms with van der Waals surface area (Å²) in [6, 6.07) is 13.3. The van der Waals surface area contributed by atoms with E-state index in [1.54, 1.807) is 30.5 Å². The first kappa shape index (κ1) is 17.5. The van der Waals surface area contributed by atoms with Gasteiger partial charge in [0.25, 0.3) is 11.8 Å². The van der Waals surface area contributed by atoms with Crippen LogP contribution in [0.25, 0.3) is 5.69 Å². The van der Waals surface area contributed by atoms with Crippen molar-refractivity contribution >= 4 is 23.6 Å². The van der Waals surface area contributed by atoms with Crippen LogP contribution in [-0.4, -0.2) is 38.6 Å². The third-order valence-corrected chi connectivity index (χ3v) is 5.59. The predicted molar refractivity (Wildman–Crippen MR) is 106 cm³/mol. The zero-order valence-electron chi connectivity index (χ0n) is 15.2. The molecule has 5 nitrogen and oxygen atoms in total. The van der Waals surface area contributed by atoms with Crippen LogP contribution in [0.5, 0.6) is 0 Å². The highest BCUT2D eigenvalue weighted by molar-refractivity contribution is 7.99. The molecule has 4 rings (SSSR count). The Balaban J connectivity index is 1.46. The first-order valence-corrected chi connectivity index (χ1v) is 9.74. The highest BCUT2D eigenvalue weighted by Crippen LogP contribution is 2.26. The number of hydrogen-bond donors (Lipinski definition) is 0. The van der Waals surface area contributed by atoms with Crippen molar-refractivity contribution in [2.24, 2.45) is 0 Å². The Bertz CT molecular complexity index is 1010. The first-order valence-electron chi connectivity index (χ1n) is 8.75. The molecule has 1 aromatic heterocycles. The third kappa shape index (κ3) is 3.17. The molecule has 0 fully saturated rings. The fraction of sp³-hybridized carbons (Fsp3) is 0.190. The lowest BCUT2D eigenvalue weighted by Crippen LogP contribution is -2.31. The third-order valence-electron chi connectivity index (χ3n) is 4.64. The summed E-state index contributed by atoms with van der Waals surface area (Å²) in [5, 5.41) is 0.846. The predicted octanol–water partition coefficient (Wildman–Crippen LogP) is 3.88. The molecule has 0 bridgehead atoms. The number of imide groups is 1. The van der Waals surface area contributed by atoms with E-state index in [2.05, 4.69) is 37.0 Å². The smallest absolute Gasteiger partial charge is 0.261 e. The molecule has 0 radical (unpaired) electrons. The average Bonchev–Trinajstić information content (AvgIpc) is 3.21. The number of aromatic nitrogens is 2. The standard InChI is InChI=1S/C21H19N3O2S/c1-14-7-8-18(15(2)13-14)23-10-9-22-21(23)27-12-11-24-19(25)16-5-3-4-6-17(16)20(24)26/h3-10,13H,11-12H2,1-2H3. The molecule has 2 heterocycles. The van der Waals surface area contributed by atoms with E-state index < -0.39 is 0 Å². The summed E-state index contributed by atoms with van der Waals surface area (Å²) in [7, 11) is 0. The van der Waals surface area contributed by atoms with Crippen LogP contribution in [-0.2, 0) is 0 Å². The van der Waals surface area contributed by atoms with Gasteiger partial charge in [-0.05, 0) is 37.6 Å². The summed E-state index contributed by atoms with van der Waals surface area (Å²) in [6.45, 7) is 4.51. The number of imidazole rings is 1. The Kier molecular flexibility index (Phi) is 4.58. The molecule has 0 N–H and O–H groups in total. The van der Waals surface area contributed by atoms with Crippen molar-refractivity contribution in [3.8, 4) is 5.69 Å². The van der Waals surface area contributed by atoms with Crippen molar-refractivity contribution in [1.29, 1.82) is 0 Å². The van der Waals surface area contributed by atoms with Crippen LogP contribution in [0.3, 0.4) is 0 Å². The van der Waals surface area contributed by atoms with Crippen molar-refractivity contribution < 1.29 is 9.59 Å². The summed E-state index contributed by atoms with van der Waals surface area (Å²) in [5.41, 5.74) is 4.46. The molecule has 1 aliphatic heterocycles. The molecule has 6 heteroatoms. The molecule has 3 aromatic rings. The maximum Gasteiger partial charge on any atom is 0.261 e. The van der Waals surface area contributed by atoms with E-state index in [4.69, 9.17) is 0 Å². The molecule has 0 saturated heterocycles. The lowest BCUT2D eigenvalue weighted by Gasteiger charge is -2.14. The molecular weight excluding hydrogens is 358 g/mol. The van der Waals surface area contributed by atoms with E-state index in [0.717, 1.165) is 10.8 Å². The van der Waals surface area contributed by atoms with Crippen LogP contribution in [0.1, 0.15) is 31.8 Å². The molecule has 136 valence electrons. The Morgan fingerprint density at radius 2 is 1.70 bits per heavy atom. The lowest BCUT2D eigenvalue weighted by molar-refractivity contribution is 0.0664. The monoisotopic (exact) mass is 377 g/mol. The average molecular weight is 377 g/mol. The highest BCUT2D eigenvalue weighted by Gasteiger charge is 2.34. The van der Waals surface area contributed by atoms with E-state index in [0.29, 0.717) is 23.4 Å². The summed E-state index contributed by atoms with van der Waals surface area (Å²) >= 11 is 1.54. The second-order valence-corrected chi connectivity index (χ2v) is 7.59. The molecule has 0 aliphatic carbocycles. The molecular formula is C21H19N3O2S. The topological polar surface area (TPSA) is 55.2 Å². The molecule has 0 saturated carbocycles. The Morgan fingerprint density at radius 3 is 2.37 bits per heavy atom. The number of thioether (sulfide) groups is 1. The van der Waals surface area contributed by atoms with Crippen LogP contribution in [0.2, 0.25) is 0 Å². The van der Waals surface area contributed by atoms with Crippen LogP contribution >= 0.6 is 11.8 Å². The fourth-order valence-electron chi connectivity index (χ4n) is 3.33. The molecule has 0 atom stereocenters. The summed E-state index contributed by atoms with van der Waals surface area (Å²) in [4.78, 5) is 30.6. The van der Waals surface area contributed by atoms with E-state index in [9.17, 15) is 9.59 Å². The van der Waals surface area contributed by atoms with Gasteiger partial charge in [0.1, 0.15) is 0 Å². The SMILES string of the molecule is Cc1ccc(-n2ccnc2SCCN2C(=O)c3ccccc3C2=O)c(C)c1. The number of carbonyl (C=O) groups is 2. The summed E-state index contributed by atoms with van der Waals surface area (Å²) in [5.74, 6) is 0.163. The van der Waals surface area contributed by atoms with Gasteiger partial charge < -0.3 is 0 Å². The zero-order chi connectivity index (χ0) is 19.0. The maximum absolute atomic E-state index is 12.4. The van der Waals surface area contributed by atoms with Gasteiger partial charge in [-0.2, -0.15) is 0 Å². The van der Waals surface area contributed by atoms with Gasteiger partial charge in [-0.25, -0.2) is 4.98 Å². The van der Waals surface area contributed by atoms with Gasteiger partial charge in [0, 0.05) is 24.7 Å². The van der Waals surface area contributed by atoms with Gasteiger partial charge in [-0.15, -0.1) is 0 Å². The first-order chi connectivity index (χ1) is 13.1. The largest absolute Gasteiger partial charge is 0.295 e. The number of amides is 2. The molecule has 0 unspecified atom stereocenters. The molecule has 2 aromatic carbocycles. The number of rotatable bonds is 5. The number of nitrogens with zero attached hydrogens (tertiary/aromatic N) is 3. The van der Waals surface area contributed by atoms with E-state index in [1.165, 1.54) is 27.8 Å². The van der Waals surface area contributed by atoms with Gasteiger partial charge in [0.05, 0.1) is 16.8 Å². The quantitative estimate of drug-likeness (QED) is 0.500. The van der Waals surface area contributed by atoms with Crippen LogP contribution in [0.15, 0.2) is 60.0 Å². The molecule has 0 spiro atoms. The summed E-state index contributed by atoms with van der Waals surface area (Å²) < 4.78 is 2.04. The second kappa shape index (κ2) is 7.04. The molecule has 27 heavy (non-hydrogen) atoms. The number of benzene rings is 2. The van der Waals surface area contributed by atoms with Crippen LogP contribution < -0.4 is 0 Å². The van der Waals surface area contributed by atoms with Gasteiger partial charge in [-0.3, -0.25) is 19.1 Å². The minimum Gasteiger partial charge on any atom is -0.295 e. The normalized spacial score (nSPS) is 13.3. The molecule has 1 aliphatic rings. The van der Waals surface area contributed by atoms with E-state index >= 15 is 0 Å². The Hall–Kier alpha value is -2.86. The Labute approximate surface area is 162 Å². The van der Waals surface area contributed by atoms with Gasteiger partial charge in [0.2, 0.25) is 0 Å². The highest BCUT2D eigenvalue weighted by atomic mass is 32.2. The zero-order valence-corrected chi connectivity index (χ0v) is 16.0. The number of carbonyl (C=O) groups excluding carboxylic acids is 2. The van der Waals surface area contributed by atoms with Gasteiger partial charge in [-0.1, -0.05) is 41.6 Å². The van der Waals surface area contributed by atoms with Gasteiger partial charge >= 0.3 is 0 Å². The van der Waals surface area contributed by atoms with E-state index in [-0.39, 0.29) is 11.8 Å². The fourth-order valence-corrected chi connectivity index (χ4v) is 4.22. The minimum atomic E-state index is -0.214. The number of aryl methyl sites for hydroxylation is 2. The van der Waals surface area contributed by atoms with E-state index in [1.807, 2.05) is 10.8 Å². The van der Waals surface area contributed by atoms with Crippen molar-refractivity contribution in [3.63, 3.8) is 0 Å². The van der Waals surface area contributed by atoms with Crippen molar-refractivity contribution in [2.75, 3.05) is 12.3 Å². The summed E-state index contributed by atoms with van der Waals surface area (Å²) in [6.07, 6.45) is 3.70. The van der Waals surface area contributed by atoms with Crippen LogP contribution in [0, 0.1) is 13.8 Å². The van der Waals surface area contributed by atoms with Crippen LogP contribution in [0.4, 0.5) is 0 Å². The van der Waals surface area contributed by atoms with Crippen molar-refractivity contribution in [3.05, 3.63) is 77.1 Å². The van der Waals surface area contributed by atoms with Crippen molar-refractivity contribution in [1.82, 2.24) is 14.5 Å². The Morgan fingerprint density at radius 1 is 1.00 bits per heavy atom. The maximum atomic E-state index is 12.4. The lowest BCUT2D eigenvalue weighted by atomic mass is 10.1. The molecule has 2 amide bonds. The van der Waals surface area contributed by atoms with Crippen molar-refractivity contribution in [2.45, 2.75) is 19.0 Å². The number of hydrogen-bond acceptors (Lipinski definition) is 4. The minimum absolute atomic E-state index is 0.214.